The second kappa shape index (κ2) is 5.55. The lowest BCUT2D eigenvalue weighted by atomic mass is 10.1. The van der Waals surface area contributed by atoms with Crippen molar-refractivity contribution >= 4 is 39.1 Å². The van der Waals surface area contributed by atoms with Gasteiger partial charge in [0, 0.05) is 22.7 Å². The van der Waals surface area contributed by atoms with Crippen molar-refractivity contribution < 1.29 is 24.0 Å². The van der Waals surface area contributed by atoms with Gasteiger partial charge in [-0.1, -0.05) is 6.07 Å². The van der Waals surface area contributed by atoms with E-state index in [0.717, 1.165) is 4.90 Å². The summed E-state index contributed by atoms with van der Waals surface area (Å²) < 4.78 is 11.4. The van der Waals surface area contributed by atoms with Crippen molar-refractivity contribution in [1.82, 2.24) is 0 Å². The molecule has 0 aromatic heterocycles. The van der Waals surface area contributed by atoms with E-state index in [-0.39, 0.29) is 16.8 Å². The third-order valence-electron chi connectivity index (χ3n) is 3.94. The number of hydrogen-bond donors (Lipinski definition) is 0. The van der Waals surface area contributed by atoms with Crippen LogP contribution in [-0.2, 0) is 0 Å². The van der Waals surface area contributed by atoms with Crippen LogP contribution in [0.5, 0.6) is 11.5 Å². The predicted molar refractivity (Wildman–Crippen MR) is 89.4 cm³/mol. The average Bonchev–Trinajstić information content (AvgIpc) is 2.85. The summed E-state index contributed by atoms with van der Waals surface area (Å²) in [6.07, 6.45) is 0. The molecule has 2 aliphatic heterocycles. The first kappa shape index (κ1) is 15.6. The molecule has 25 heavy (non-hydrogen) atoms. The van der Waals surface area contributed by atoms with Crippen molar-refractivity contribution in [3.05, 3.63) is 56.0 Å². The molecule has 0 spiro atoms. The van der Waals surface area contributed by atoms with Crippen molar-refractivity contribution in [2.24, 2.45) is 0 Å². The zero-order valence-electron chi connectivity index (χ0n) is 12.5. The van der Waals surface area contributed by atoms with Crippen molar-refractivity contribution in [3.8, 4) is 11.5 Å². The minimum atomic E-state index is -0.746. The summed E-state index contributed by atoms with van der Waals surface area (Å²) in [7, 11) is 0. The van der Waals surface area contributed by atoms with Crippen LogP contribution in [0.3, 0.4) is 0 Å². The van der Waals surface area contributed by atoms with E-state index in [1.54, 1.807) is 6.07 Å². The third kappa shape index (κ3) is 2.27. The Morgan fingerprint density at radius 3 is 2.44 bits per heavy atom. The molecule has 0 aliphatic carbocycles. The van der Waals surface area contributed by atoms with Crippen molar-refractivity contribution in [2.75, 3.05) is 18.1 Å². The number of hydrogen-bond acceptors (Lipinski definition) is 6. The third-order valence-corrected chi connectivity index (χ3v) is 4.58. The number of nitro groups is 1. The number of benzene rings is 2. The zero-order chi connectivity index (χ0) is 17.7. The van der Waals surface area contributed by atoms with Crippen LogP contribution in [0.15, 0.2) is 34.8 Å². The molecule has 2 amide bonds. The molecule has 126 valence electrons. The summed E-state index contributed by atoms with van der Waals surface area (Å²) in [6.45, 7) is 0.750. The number of carbonyl (C=O) groups is 2. The lowest BCUT2D eigenvalue weighted by Crippen LogP contribution is -2.30. The molecule has 2 aromatic rings. The Bertz CT molecular complexity index is 958. The molecule has 0 unspecified atom stereocenters. The SMILES string of the molecule is O=C1c2cccc([N+](=O)[O-])c2C(=O)N1c1cc2c(cc1Br)OCCO2. The quantitative estimate of drug-likeness (QED) is 0.433. The molecule has 2 aliphatic rings. The minimum absolute atomic E-state index is 0.000916. The van der Waals surface area contributed by atoms with E-state index in [1.807, 2.05) is 0 Å². The Labute approximate surface area is 149 Å². The Balaban J connectivity index is 1.86. The Morgan fingerprint density at radius 1 is 1.08 bits per heavy atom. The van der Waals surface area contributed by atoms with Gasteiger partial charge in [0.05, 0.1) is 16.2 Å². The number of ether oxygens (including phenoxy) is 2. The van der Waals surface area contributed by atoms with Crippen molar-refractivity contribution in [2.45, 2.75) is 0 Å². The van der Waals surface area contributed by atoms with Crippen LogP contribution >= 0.6 is 15.9 Å². The Hall–Kier alpha value is -2.94. The number of nitro benzene ring substituents is 1. The van der Waals surface area contributed by atoms with Gasteiger partial charge in [-0.15, -0.1) is 0 Å². The van der Waals surface area contributed by atoms with Crippen LogP contribution in [-0.4, -0.2) is 30.0 Å². The molecule has 2 aromatic carbocycles. The van der Waals surface area contributed by atoms with E-state index in [0.29, 0.717) is 29.2 Å². The molecule has 9 heteroatoms. The molecule has 8 nitrogen and oxygen atoms in total. The second-order valence-corrected chi connectivity index (χ2v) is 6.20. The maximum absolute atomic E-state index is 12.8. The Kier molecular flexibility index (Phi) is 3.46. The van der Waals surface area contributed by atoms with Gasteiger partial charge in [0.2, 0.25) is 0 Å². The molecule has 4 rings (SSSR count). The van der Waals surface area contributed by atoms with E-state index in [2.05, 4.69) is 15.9 Å². The summed E-state index contributed by atoms with van der Waals surface area (Å²) in [5.41, 5.74) is -0.364. The largest absolute Gasteiger partial charge is 0.486 e. The summed E-state index contributed by atoms with van der Waals surface area (Å²) in [5.74, 6) is -0.481. The first-order chi connectivity index (χ1) is 12.0. The number of anilines is 1. The smallest absolute Gasteiger partial charge is 0.283 e. The Morgan fingerprint density at radius 2 is 1.76 bits per heavy atom. The van der Waals surface area contributed by atoms with Gasteiger partial charge < -0.3 is 9.47 Å². The van der Waals surface area contributed by atoms with Gasteiger partial charge in [0.1, 0.15) is 18.8 Å². The van der Waals surface area contributed by atoms with Gasteiger partial charge in [0.15, 0.2) is 11.5 Å². The van der Waals surface area contributed by atoms with Crippen molar-refractivity contribution in [3.63, 3.8) is 0 Å². The summed E-state index contributed by atoms with van der Waals surface area (Å²) in [5, 5.41) is 11.2. The summed E-state index contributed by atoms with van der Waals surface area (Å²) in [4.78, 5) is 36.9. The minimum Gasteiger partial charge on any atom is -0.486 e. The highest BCUT2D eigenvalue weighted by molar-refractivity contribution is 9.10. The van der Waals surface area contributed by atoms with Crippen LogP contribution in [0.1, 0.15) is 20.7 Å². The highest BCUT2D eigenvalue weighted by Crippen LogP contribution is 2.43. The maximum Gasteiger partial charge on any atom is 0.283 e. The van der Waals surface area contributed by atoms with Crippen molar-refractivity contribution in [1.29, 1.82) is 0 Å². The second-order valence-electron chi connectivity index (χ2n) is 5.35. The topological polar surface area (TPSA) is 99.0 Å². The number of halogens is 1. The number of rotatable bonds is 2. The lowest BCUT2D eigenvalue weighted by molar-refractivity contribution is -0.385. The number of carbonyl (C=O) groups excluding carboxylic acids is 2. The van der Waals surface area contributed by atoms with Crippen LogP contribution < -0.4 is 14.4 Å². The molecule has 0 radical (unpaired) electrons. The van der Waals surface area contributed by atoms with E-state index < -0.39 is 22.4 Å². The molecular weight excluding hydrogens is 396 g/mol. The molecule has 2 heterocycles. The van der Waals surface area contributed by atoms with E-state index in [1.165, 1.54) is 24.3 Å². The fourth-order valence-corrected chi connectivity index (χ4v) is 3.36. The van der Waals surface area contributed by atoms with Gasteiger partial charge in [-0.2, -0.15) is 0 Å². The molecule has 0 saturated heterocycles. The molecule has 0 fully saturated rings. The molecule has 0 atom stereocenters. The van der Waals surface area contributed by atoms with E-state index in [4.69, 9.17) is 9.47 Å². The first-order valence-corrected chi connectivity index (χ1v) is 8.03. The van der Waals surface area contributed by atoms with E-state index in [9.17, 15) is 19.7 Å². The van der Waals surface area contributed by atoms with Gasteiger partial charge in [-0.25, -0.2) is 4.90 Å². The highest BCUT2D eigenvalue weighted by Gasteiger charge is 2.42. The standard InChI is InChI=1S/C16H9BrN2O6/c17-9-6-12-13(25-5-4-24-12)7-11(9)18-15(20)8-2-1-3-10(19(22)23)14(8)16(18)21/h1-3,6-7H,4-5H2. The number of fused-ring (bicyclic) bond motifs is 2. The number of imide groups is 1. The van der Waals surface area contributed by atoms with Crippen LogP contribution in [0.4, 0.5) is 11.4 Å². The van der Waals surface area contributed by atoms with Crippen LogP contribution in [0.25, 0.3) is 0 Å². The summed E-state index contributed by atoms with van der Waals surface area (Å²) >= 11 is 3.32. The van der Waals surface area contributed by atoms with Crippen LogP contribution in [0, 0.1) is 10.1 Å². The number of nitrogens with zero attached hydrogens (tertiary/aromatic N) is 2. The van der Waals surface area contributed by atoms with Gasteiger partial charge >= 0.3 is 0 Å². The summed E-state index contributed by atoms with van der Waals surface area (Å²) in [6, 6.07) is 7.08. The van der Waals surface area contributed by atoms with Crippen LogP contribution in [0.2, 0.25) is 0 Å². The van der Waals surface area contributed by atoms with Gasteiger partial charge in [0.25, 0.3) is 17.5 Å². The fraction of sp³-hybridized carbons (Fsp3) is 0.125. The fourth-order valence-electron chi connectivity index (χ4n) is 2.86. The normalized spacial score (nSPS) is 15.3. The zero-order valence-corrected chi connectivity index (χ0v) is 14.1. The lowest BCUT2D eigenvalue weighted by Gasteiger charge is -2.22. The average molecular weight is 405 g/mol. The molecule has 0 bridgehead atoms. The maximum atomic E-state index is 12.8. The van der Waals surface area contributed by atoms with E-state index >= 15 is 0 Å². The highest BCUT2D eigenvalue weighted by atomic mass is 79.9. The molecular formula is C16H9BrN2O6. The predicted octanol–water partition coefficient (Wildman–Crippen LogP) is 2.93. The number of amides is 2. The first-order valence-electron chi connectivity index (χ1n) is 7.24. The molecule has 0 saturated carbocycles. The monoisotopic (exact) mass is 404 g/mol. The van der Waals surface area contributed by atoms with Gasteiger partial charge in [-0.05, 0) is 22.0 Å². The van der Waals surface area contributed by atoms with Gasteiger partial charge in [-0.3, -0.25) is 19.7 Å². The molecule has 0 N–H and O–H groups in total.